The number of amides is 4. The Labute approximate surface area is 215 Å². The van der Waals surface area contributed by atoms with Gasteiger partial charge in [-0.2, -0.15) is 13.2 Å². The molecule has 3 heterocycles. The zero-order valence-corrected chi connectivity index (χ0v) is 20.6. The van der Waals surface area contributed by atoms with Crippen LogP contribution >= 0.6 is 11.6 Å². The molecule has 4 amide bonds. The Kier molecular flexibility index (Phi) is 7.24. The van der Waals surface area contributed by atoms with Crippen LogP contribution in [-0.2, 0) is 22.7 Å². The summed E-state index contributed by atoms with van der Waals surface area (Å²) in [7, 11) is 3.57. The van der Waals surface area contributed by atoms with Gasteiger partial charge in [0.05, 0.1) is 10.7 Å². The summed E-state index contributed by atoms with van der Waals surface area (Å²) >= 11 is 6.12. The lowest BCUT2D eigenvalue weighted by atomic mass is 10.0. The molecule has 0 aliphatic carbocycles. The van der Waals surface area contributed by atoms with Crippen LogP contribution in [0.15, 0.2) is 30.5 Å². The monoisotopic (exact) mass is 537 g/mol. The first-order valence-electron chi connectivity index (χ1n) is 11.3. The second-order valence-corrected chi connectivity index (χ2v) is 9.58. The molecule has 37 heavy (non-hydrogen) atoms. The Morgan fingerprint density at radius 1 is 1.27 bits per heavy atom. The molecule has 13 heteroatoms. The molecule has 1 aromatic carbocycles. The van der Waals surface area contributed by atoms with E-state index < -0.39 is 47.6 Å². The summed E-state index contributed by atoms with van der Waals surface area (Å²) in [6, 6.07) is 1.95. The third-order valence-electron chi connectivity index (χ3n) is 6.09. The van der Waals surface area contributed by atoms with Crippen molar-refractivity contribution in [2.24, 2.45) is 0 Å². The van der Waals surface area contributed by atoms with Crippen molar-refractivity contribution in [1.29, 1.82) is 0 Å². The van der Waals surface area contributed by atoms with Crippen molar-refractivity contribution in [3.8, 4) is 0 Å². The maximum atomic E-state index is 13.9. The highest BCUT2D eigenvalue weighted by atomic mass is 35.5. The molecule has 2 aliphatic heterocycles. The normalized spacial score (nSPS) is 18.6. The maximum Gasteiger partial charge on any atom is 0.414 e. The lowest BCUT2D eigenvalue weighted by Crippen LogP contribution is -2.52. The van der Waals surface area contributed by atoms with Crippen molar-refractivity contribution < 1.29 is 32.3 Å². The zero-order chi connectivity index (χ0) is 27.1. The fourth-order valence-electron chi connectivity index (χ4n) is 4.39. The number of hydrogen-bond donors (Lipinski definition) is 2. The molecule has 196 valence electrons. The number of alkyl halides is 3. The highest BCUT2D eigenvalue weighted by Gasteiger charge is 2.44. The van der Waals surface area contributed by atoms with E-state index in [9.17, 15) is 32.3 Å². The van der Waals surface area contributed by atoms with Gasteiger partial charge in [0.25, 0.3) is 11.8 Å². The van der Waals surface area contributed by atoms with Crippen LogP contribution in [0.2, 0.25) is 5.02 Å². The van der Waals surface area contributed by atoms with E-state index in [4.69, 9.17) is 11.6 Å². The minimum Gasteiger partial charge on any atom is -0.335 e. The summed E-state index contributed by atoms with van der Waals surface area (Å²) in [4.78, 5) is 56.3. The predicted octanol–water partition coefficient (Wildman–Crippen LogP) is 2.59. The van der Waals surface area contributed by atoms with Crippen molar-refractivity contribution in [3.05, 3.63) is 63.4 Å². The Bertz CT molecular complexity index is 1280. The van der Waals surface area contributed by atoms with E-state index in [2.05, 4.69) is 10.3 Å². The zero-order valence-electron chi connectivity index (χ0n) is 19.9. The van der Waals surface area contributed by atoms with Gasteiger partial charge in [-0.1, -0.05) is 11.6 Å². The van der Waals surface area contributed by atoms with Crippen LogP contribution in [0.3, 0.4) is 0 Å². The molecule has 2 aromatic rings. The molecule has 0 saturated carbocycles. The molecule has 1 aromatic heterocycles. The molecular weight excluding hydrogens is 515 g/mol. The smallest absolute Gasteiger partial charge is 0.335 e. The number of benzene rings is 1. The standard InChI is InChI=1S/C24H23ClF3N5O4/c1-32(2)10-12-7-16(25)19(29-9-12)20(24(26,27)28)31-21(35)13-3-4-15-14(8-13)11-33(23(15)37)17-5-6-18(34)30-22(17)36/h3-4,7-9,17,20H,5-6,10-11H2,1-2H3,(H,31,35)(H,30,34,36). The summed E-state index contributed by atoms with van der Waals surface area (Å²) in [5.74, 6) is -2.51. The number of nitrogens with one attached hydrogen (secondary N) is 2. The van der Waals surface area contributed by atoms with Gasteiger partial charge >= 0.3 is 6.18 Å². The van der Waals surface area contributed by atoms with Gasteiger partial charge in [0.2, 0.25) is 11.8 Å². The summed E-state index contributed by atoms with van der Waals surface area (Å²) in [6.07, 6.45) is -3.37. The van der Waals surface area contributed by atoms with Gasteiger partial charge < -0.3 is 15.1 Å². The number of aromatic nitrogens is 1. The molecule has 1 fully saturated rings. The van der Waals surface area contributed by atoms with Crippen LogP contribution in [0.1, 0.15) is 56.4 Å². The van der Waals surface area contributed by atoms with Gasteiger partial charge in [0.15, 0.2) is 6.04 Å². The number of rotatable bonds is 6. The van der Waals surface area contributed by atoms with Crippen LogP contribution < -0.4 is 10.6 Å². The summed E-state index contributed by atoms with van der Waals surface area (Å²) < 4.78 is 41.8. The van der Waals surface area contributed by atoms with Gasteiger partial charge in [-0.3, -0.25) is 29.5 Å². The van der Waals surface area contributed by atoms with Crippen LogP contribution in [0.25, 0.3) is 0 Å². The summed E-state index contributed by atoms with van der Waals surface area (Å²) in [5.41, 5.74) is 0.580. The van der Waals surface area contributed by atoms with E-state index in [1.54, 1.807) is 19.0 Å². The van der Waals surface area contributed by atoms with Gasteiger partial charge in [-0.25, -0.2) is 0 Å². The number of carbonyl (C=O) groups excluding carboxylic acids is 4. The molecule has 0 spiro atoms. The first-order valence-corrected chi connectivity index (χ1v) is 11.7. The average molecular weight is 538 g/mol. The minimum absolute atomic E-state index is 0.0228. The molecule has 2 aliphatic rings. The van der Waals surface area contributed by atoms with Gasteiger partial charge in [-0.15, -0.1) is 0 Å². The molecule has 0 bridgehead atoms. The van der Waals surface area contributed by atoms with E-state index in [1.165, 1.54) is 35.4 Å². The molecule has 0 radical (unpaired) electrons. The Hall–Kier alpha value is -3.51. The second kappa shape index (κ2) is 10.1. The quantitative estimate of drug-likeness (QED) is 0.548. The van der Waals surface area contributed by atoms with Crippen LogP contribution in [0, 0.1) is 0 Å². The van der Waals surface area contributed by atoms with E-state index >= 15 is 0 Å². The highest BCUT2D eigenvalue weighted by Crippen LogP contribution is 2.36. The van der Waals surface area contributed by atoms with Crippen LogP contribution in [0.5, 0.6) is 0 Å². The van der Waals surface area contributed by atoms with E-state index in [1.807, 2.05) is 5.32 Å². The first kappa shape index (κ1) is 26.6. The molecule has 2 atom stereocenters. The van der Waals surface area contributed by atoms with E-state index in [0.29, 0.717) is 17.7 Å². The maximum absolute atomic E-state index is 13.9. The van der Waals surface area contributed by atoms with Crippen LogP contribution in [-0.4, -0.2) is 64.7 Å². The fraction of sp³-hybridized carbons (Fsp3) is 0.375. The van der Waals surface area contributed by atoms with E-state index in [0.717, 1.165) is 0 Å². The first-order chi connectivity index (χ1) is 17.3. The van der Waals surface area contributed by atoms with Gasteiger partial charge in [-0.05, 0) is 55.9 Å². The Morgan fingerprint density at radius 2 is 2.00 bits per heavy atom. The highest BCUT2D eigenvalue weighted by molar-refractivity contribution is 6.31. The largest absolute Gasteiger partial charge is 0.414 e. The minimum atomic E-state index is -4.88. The Morgan fingerprint density at radius 3 is 2.62 bits per heavy atom. The second-order valence-electron chi connectivity index (χ2n) is 9.17. The van der Waals surface area contributed by atoms with Gasteiger partial charge in [0.1, 0.15) is 6.04 Å². The molecular formula is C24H23ClF3N5O4. The average Bonchev–Trinajstić information content (AvgIpc) is 3.12. The topological polar surface area (TPSA) is 112 Å². The lowest BCUT2D eigenvalue weighted by molar-refractivity contribution is -0.156. The van der Waals surface area contributed by atoms with Gasteiger partial charge in [0, 0.05) is 36.8 Å². The number of carbonyl (C=O) groups is 4. The fourth-order valence-corrected chi connectivity index (χ4v) is 4.69. The van der Waals surface area contributed by atoms with Crippen LogP contribution in [0.4, 0.5) is 13.2 Å². The Balaban J connectivity index is 1.54. The number of pyridine rings is 1. The SMILES string of the molecule is CN(C)Cc1cnc(C(NC(=O)c2ccc3c(c2)CN(C2CCC(=O)NC2=O)C3=O)C(F)(F)F)c(Cl)c1. The number of piperidine rings is 1. The van der Waals surface area contributed by atoms with Crippen molar-refractivity contribution in [3.63, 3.8) is 0 Å². The third-order valence-corrected chi connectivity index (χ3v) is 6.39. The number of fused-ring (bicyclic) bond motifs is 1. The summed E-state index contributed by atoms with van der Waals surface area (Å²) in [5, 5.41) is 3.91. The molecule has 9 nitrogen and oxygen atoms in total. The number of hydrogen-bond acceptors (Lipinski definition) is 6. The predicted molar refractivity (Wildman–Crippen MR) is 125 cm³/mol. The lowest BCUT2D eigenvalue weighted by Gasteiger charge is -2.29. The molecule has 2 unspecified atom stereocenters. The number of nitrogens with zero attached hydrogens (tertiary/aromatic N) is 3. The van der Waals surface area contributed by atoms with Crippen molar-refractivity contribution in [2.75, 3.05) is 14.1 Å². The van der Waals surface area contributed by atoms with Crippen molar-refractivity contribution in [1.82, 2.24) is 25.4 Å². The number of imide groups is 1. The number of halogens is 4. The molecule has 4 rings (SSSR count). The van der Waals surface area contributed by atoms with Crippen molar-refractivity contribution in [2.45, 2.75) is 44.2 Å². The van der Waals surface area contributed by atoms with Crippen molar-refractivity contribution >= 4 is 35.2 Å². The third kappa shape index (κ3) is 5.59. The molecule has 2 N–H and O–H groups in total. The summed E-state index contributed by atoms with van der Waals surface area (Å²) in [6.45, 7) is 0.394. The van der Waals surface area contributed by atoms with E-state index in [-0.39, 0.29) is 35.5 Å². The molecule has 1 saturated heterocycles.